The van der Waals surface area contributed by atoms with Crippen LogP contribution < -0.4 is 10.1 Å². The van der Waals surface area contributed by atoms with Gasteiger partial charge in [0.1, 0.15) is 29.3 Å². The number of halogens is 1. The van der Waals surface area contributed by atoms with Gasteiger partial charge in [0.05, 0.1) is 4.90 Å². The Bertz CT molecular complexity index is 1150. The lowest BCUT2D eigenvalue weighted by Gasteiger charge is -2.28. The number of phenolic OH excluding ortho intramolecular Hbond substituents is 1. The molecule has 3 rings (SSSR count). The molecule has 0 bridgehead atoms. The number of carbonyl (C=O) groups excluding carboxylic acids is 2. The van der Waals surface area contributed by atoms with E-state index in [9.17, 15) is 27.5 Å². The highest BCUT2D eigenvalue weighted by Crippen LogP contribution is 2.20. The topological polar surface area (TPSA) is 125 Å². The fraction of sp³-hybridized carbons (Fsp3) is 0.417. The number of nitrogens with one attached hydrogen (secondary N) is 2. The van der Waals surface area contributed by atoms with Crippen LogP contribution in [0.4, 0.5) is 4.39 Å². The number of hydrogen-bond acceptors (Lipinski definition) is 7. The standard InChI is InChI=1S/C24H30FN3O6S/c1-24(2,3)34-23(31)20(15-16-6-10-18(29)11-7-16)26-22(30)21-5-4-14-28(21)27-35(32,33)19-12-8-17(25)9-13-19/h6-13,20-21,27,29H,4-5,14-15H2,1-3H3,(H,26,30)/t20-,21-/m0/s1. The molecule has 0 aromatic heterocycles. The number of rotatable bonds is 8. The summed E-state index contributed by atoms with van der Waals surface area (Å²) in [6.45, 7) is 5.43. The van der Waals surface area contributed by atoms with Crippen molar-refractivity contribution in [1.29, 1.82) is 0 Å². The Kier molecular flexibility index (Phi) is 8.14. The number of sulfonamides is 1. The molecule has 11 heteroatoms. The maximum Gasteiger partial charge on any atom is 0.329 e. The monoisotopic (exact) mass is 507 g/mol. The summed E-state index contributed by atoms with van der Waals surface area (Å²) >= 11 is 0. The van der Waals surface area contributed by atoms with E-state index in [1.807, 2.05) is 0 Å². The van der Waals surface area contributed by atoms with Crippen LogP contribution in [0.1, 0.15) is 39.2 Å². The van der Waals surface area contributed by atoms with Gasteiger partial charge in [-0.15, -0.1) is 4.83 Å². The number of ether oxygens (including phenoxy) is 1. The molecule has 1 aliphatic rings. The molecule has 0 aliphatic carbocycles. The Balaban J connectivity index is 1.75. The second-order valence-corrected chi connectivity index (χ2v) is 11.0. The largest absolute Gasteiger partial charge is 0.508 e. The number of hydrazine groups is 1. The quantitative estimate of drug-likeness (QED) is 0.468. The first-order valence-corrected chi connectivity index (χ1v) is 12.7. The van der Waals surface area contributed by atoms with E-state index in [1.54, 1.807) is 32.9 Å². The number of nitrogens with zero attached hydrogens (tertiary/aromatic N) is 1. The fourth-order valence-electron chi connectivity index (χ4n) is 3.67. The van der Waals surface area contributed by atoms with Crippen LogP contribution in [0, 0.1) is 5.82 Å². The number of benzene rings is 2. The summed E-state index contributed by atoms with van der Waals surface area (Å²) in [5.41, 5.74) is -0.0848. The van der Waals surface area contributed by atoms with E-state index >= 15 is 0 Å². The van der Waals surface area contributed by atoms with Crippen molar-refractivity contribution in [3.63, 3.8) is 0 Å². The van der Waals surface area contributed by atoms with E-state index in [0.29, 0.717) is 18.4 Å². The molecule has 2 aromatic carbocycles. The van der Waals surface area contributed by atoms with Crippen molar-refractivity contribution in [3.8, 4) is 5.75 Å². The molecule has 190 valence electrons. The van der Waals surface area contributed by atoms with Crippen LogP contribution in [0.3, 0.4) is 0 Å². The van der Waals surface area contributed by atoms with Gasteiger partial charge in [-0.2, -0.15) is 0 Å². The number of amides is 1. The third-order valence-corrected chi connectivity index (χ3v) is 6.67. The summed E-state index contributed by atoms with van der Waals surface area (Å²) in [5, 5.41) is 13.5. The van der Waals surface area contributed by atoms with E-state index in [1.165, 1.54) is 17.1 Å². The average molecular weight is 508 g/mol. The van der Waals surface area contributed by atoms with Crippen molar-refractivity contribution in [2.45, 2.75) is 62.6 Å². The molecule has 2 aromatic rings. The minimum atomic E-state index is -4.03. The van der Waals surface area contributed by atoms with Crippen molar-refractivity contribution in [1.82, 2.24) is 15.2 Å². The van der Waals surface area contributed by atoms with Gasteiger partial charge in [-0.25, -0.2) is 22.6 Å². The second kappa shape index (κ2) is 10.7. The fourth-order valence-corrected chi connectivity index (χ4v) is 4.80. The van der Waals surface area contributed by atoms with Crippen molar-refractivity contribution in [2.75, 3.05) is 6.54 Å². The van der Waals surface area contributed by atoms with Gasteiger partial charge in [0.2, 0.25) is 5.91 Å². The number of phenols is 1. The van der Waals surface area contributed by atoms with Gasteiger partial charge in [0, 0.05) is 13.0 Å². The Morgan fingerprint density at radius 3 is 2.37 bits per heavy atom. The third kappa shape index (κ3) is 7.48. The molecule has 1 aliphatic heterocycles. The molecule has 0 radical (unpaired) electrons. The number of carbonyl (C=O) groups is 2. The van der Waals surface area contributed by atoms with Crippen LogP contribution in [0.15, 0.2) is 53.4 Å². The smallest absolute Gasteiger partial charge is 0.329 e. The van der Waals surface area contributed by atoms with Crippen molar-refractivity contribution < 1.29 is 32.2 Å². The minimum absolute atomic E-state index is 0.0710. The van der Waals surface area contributed by atoms with Crippen LogP contribution in [0.2, 0.25) is 0 Å². The minimum Gasteiger partial charge on any atom is -0.508 e. The molecule has 0 unspecified atom stereocenters. The highest BCUT2D eigenvalue weighted by Gasteiger charge is 2.36. The van der Waals surface area contributed by atoms with E-state index < -0.39 is 45.4 Å². The van der Waals surface area contributed by atoms with Crippen molar-refractivity contribution >= 4 is 21.9 Å². The molecule has 9 nitrogen and oxygen atoms in total. The van der Waals surface area contributed by atoms with Crippen LogP contribution >= 0.6 is 0 Å². The Hall–Kier alpha value is -3.02. The summed E-state index contributed by atoms with van der Waals surface area (Å²) in [6, 6.07) is 8.71. The maximum atomic E-state index is 13.2. The summed E-state index contributed by atoms with van der Waals surface area (Å²) in [5.74, 6) is -1.65. The summed E-state index contributed by atoms with van der Waals surface area (Å²) < 4.78 is 44.1. The molecule has 2 atom stereocenters. The Morgan fingerprint density at radius 1 is 1.14 bits per heavy atom. The Morgan fingerprint density at radius 2 is 1.77 bits per heavy atom. The second-order valence-electron chi connectivity index (χ2n) is 9.37. The first-order valence-electron chi connectivity index (χ1n) is 11.2. The SMILES string of the molecule is CC(C)(C)OC(=O)[C@H](Cc1ccc(O)cc1)NC(=O)[C@@H]1CCCN1NS(=O)(=O)c1ccc(F)cc1. The number of hydrogen-bond donors (Lipinski definition) is 3. The van der Waals surface area contributed by atoms with E-state index in [2.05, 4.69) is 10.1 Å². The van der Waals surface area contributed by atoms with E-state index in [-0.39, 0.29) is 23.6 Å². The Labute approximate surface area is 204 Å². The molecule has 1 saturated heterocycles. The van der Waals surface area contributed by atoms with Gasteiger partial charge < -0.3 is 15.2 Å². The molecule has 0 spiro atoms. The predicted molar refractivity (Wildman–Crippen MR) is 126 cm³/mol. The maximum absolute atomic E-state index is 13.2. The molecule has 1 heterocycles. The predicted octanol–water partition coefficient (Wildman–Crippen LogP) is 2.26. The van der Waals surface area contributed by atoms with Crippen LogP contribution in [-0.4, -0.2) is 54.6 Å². The lowest BCUT2D eigenvalue weighted by molar-refractivity contribution is -0.159. The average Bonchev–Trinajstić information content (AvgIpc) is 3.21. The zero-order chi connectivity index (χ0) is 25.8. The normalized spacial score (nSPS) is 17.7. The summed E-state index contributed by atoms with van der Waals surface area (Å²) in [4.78, 5) is 28.3. The van der Waals surface area contributed by atoms with Gasteiger partial charge >= 0.3 is 5.97 Å². The summed E-state index contributed by atoms with van der Waals surface area (Å²) in [6.07, 6.45) is 1.05. The molecule has 35 heavy (non-hydrogen) atoms. The van der Waals surface area contributed by atoms with Crippen LogP contribution in [0.5, 0.6) is 5.75 Å². The first-order chi connectivity index (χ1) is 16.3. The molecule has 0 saturated carbocycles. The van der Waals surface area contributed by atoms with Gasteiger partial charge in [-0.1, -0.05) is 12.1 Å². The summed E-state index contributed by atoms with van der Waals surface area (Å²) in [7, 11) is -4.03. The lowest BCUT2D eigenvalue weighted by atomic mass is 10.0. The molecular weight excluding hydrogens is 477 g/mol. The first kappa shape index (κ1) is 26.6. The lowest BCUT2D eigenvalue weighted by Crippen LogP contribution is -2.55. The zero-order valence-corrected chi connectivity index (χ0v) is 20.6. The molecule has 1 fully saturated rings. The molecular formula is C24H30FN3O6S. The number of esters is 1. The van der Waals surface area contributed by atoms with Gasteiger partial charge in [0.25, 0.3) is 10.0 Å². The highest BCUT2D eigenvalue weighted by atomic mass is 32.2. The zero-order valence-electron chi connectivity index (χ0n) is 19.8. The molecule has 3 N–H and O–H groups in total. The van der Waals surface area contributed by atoms with Crippen LogP contribution in [0.25, 0.3) is 0 Å². The van der Waals surface area contributed by atoms with E-state index in [0.717, 1.165) is 24.3 Å². The third-order valence-electron chi connectivity index (χ3n) is 5.30. The highest BCUT2D eigenvalue weighted by molar-refractivity contribution is 7.89. The van der Waals surface area contributed by atoms with Crippen molar-refractivity contribution in [3.05, 3.63) is 59.9 Å². The van der Waals surface area contributed by atoms with Crippen LogP contribution in [-0.2, 0) is 30.8 Å². The van der Waals surface area contributed by atoms with Gasteiger partial charge in [-0.05, 0) is 75.6 Å². The van der Waals surface area contributed by atoms with Gasteiger partial charge in [-0.3, -0.25) is 4.79 Å². The van der Waals surface area contributed by atoms with Gasteiger partial charge in [0.15, 0.2) is 0 Å². The van der Waals surface area contributed by atoms with E-state index in [4.69, 9.17) is 4.74 Å². The molecule has 1 amide bonds. The number of aromatic hydroxyl groups is 1. The van der Waals surface area contributed by atoms with Crippen molar-refractivity contribution in [2.24, 2.45) is 0 Å².